The molecule has 0 aromatic heterocycles. The molecular formula is C13H18ClN. The van der Waals surface area contributed by atoms with Crippen molar-refractivity contribution in [2.45, 2.75) is 37.6 Å². The first-order valence-electron chi connectivity index (χ1n) is 5.78. The molecule has 1 N–H and O–H groups in total. The monoisotopic (exact) mass is 223 g/mol. The Morgan fingerprint density at radius 3 is 3.00 bits per heavy atom. The first kappa shape index (κ1) is 11.0. The molecule has 1 aliphatic rings. The third-order valence-corrected chi connectivity index (χ3v) is 3.47. The van der Waals surface area contributed by atoms with Gasteiger partial charge in [-0.05, 0) is 30.5 Å². The highest BCUT2D eigenvalue weighted by Gasteiger charge is 2.29. The summed E-state index contributed by atoms with van der Waals surface area (Å²) in [6.07, 6.45) is 3.46. The zero-order valence-corrected chi connectivity index (χ0v) is 9.93. The van der Waals surface area contributed by atoms with E-state index in [0.29, 0.717) is 6.04 Å². The Bertz CT molecular complexity index is 324. The third-order valence-electron chi connectivity index (χ3n) is 3.06. The van der Waals surface area contributed by atoms with Gasteiger partial charge >= 0.3 is 0 Å². The van der Waals surface area contributed by atoms with Gasteiger partial charge in [0.05, 0.1) is 5.38 Å². The maximum absolute atomic E-state index is 6.36. The zero-order chi connectivity index (χ0) is 10.7. The van der Waals surface area contributed by atoms with Crippen molar-refractivity contribution in [2.24, 2.45) is 0 Å². The standard InChI is InChI=1S/C13H18ClN/c1-2-3-8-15-13-11-7-5-4-6-10(11)9-12(13)14/h4-7,12-13,15H,2-3,8-9H2,1H3. The summed E-state index contributed by atoms with van der Waals surface area (Å²) in [5, 5.41) is 3.78. The Hall–Kier alpha value is -0.530. The van der Waals surface area contributed by atoms with E-state index in [2.05, 4.69) is 36.5 Å². The Morgan fingerprint density at radius 1 is 1.40 bits per heavy atom. The first-order chi connectivity index (χ1) is 7.33. The average molecular weight is 224 g/mol. The Morgan fingerprint density at radius 2 is 2.20 bits per heavy atom. The molecule has 0 spiro atoms. The lowest BCUT2D eigenvalue weighted by atomic mass is 10.1. The van der Waals surface area contributed by atoms with Crippen molar-refractivity contribution in [2.75, 3.05) is 6.54 Å². The first-order valence-corrected chi connectivity index (χ1v) is 6.22. The van der Waals surface area contributed by atoms with E-state index >= 15 is 0 Å². The Labute approximate surface area is 96.8 Å². The molecule has 1 aromatic rings. The van der Waals surface area contributed by atoms with E-state index in [4.69, 9.17) is 11.6 Å². The normalized spacial score (nSPS) is 24.1. The van der Waals surface area contributed by atoms with Crippen LogP contribution in [-0.4, -0.2) is 11.9 Å². The summed E-state index contributed by atoms with van der Waals surface area (Å²) in [6, 6.07) is 8.93. The van der Waals surface area contributed by atoms with Gasteiger partial charge in [-0.1, -0.05) is 37.6 Å². The van der Waals surface area contributed by atoms with Crippen molar-refractivity contribution in [1.82, 2.24) is 5.32 Å². The highest BCUT2D eigenvalue weighted by atomic mass is 35.5. The fourth-order valence-corrected chi connectivity index (χ4v) is 2.61. The van der Waals surface area contributed by atoms with Crippen LogP contribution in [0.1, 0.15) is 36.9 Å². The lowest BCUT2D eigenvalue weighted by Gasteiger charge is -2.17. The van der Waals surface area contributed by atoms with Gasteiger partial charge in [-0.3, -0.25) is 0 Å². The number of nitrogens with one attached hydrogen (secondary N) is 1. The van der Waals surface area contributed by atoms with Crippen molar-refractivity contribution in [3.63, 3.8) is 0 Å². The summed E-state index contributed by atoms with van der Waals surface area (Å²) in [7, 11) is 0. The van der Waals surface area contributed by atoms with E-state index in [1.807, 2.05) is 0 Å². The second-order valence-corrected chi connectivity index (χ2v) is 4.76. The predicted molar refractivity (Wildman–Crippen MR) is 65.4 cm³/mol. The van der Waals surface area contributed by atoms with Crippen LogP contribution in [0.3, 0.4) is 0 Å². The van der Waals surface area contributed by atoms with Crippen LogP contribution < -0.4 is 5.32 Å². The fourth-order valence-electron chi connectivity index (χ4n) is 2.22. The van der Waals surface area contributed by atoms with Gasteiger partial charge in [-0.15, -0.1) is 11.6 Å². The van der Waals surface area contributed by atoms with Crippen molar-refractivity contribution in [1.29, 1.82) is 0 Å². The van der Waals surface area contributed by atoms with Gasteiger partial charge in [0.2, 0.25) is 0 Å². The van der Waals surface area contributed by atoms with Crippen molar-refractivity contribution < 1.29 is 0 Å². The number of unbranched alkanes of at least 4 members (excludes halogenated alkanes) is 1. The molecule has 2 heteroatoms. The van der Waals surface area contributed by atoms with Crippen LogP contribution >= 0.6 is 11.6 Å². The maximum atomic E-state index is 6.36. The van der Waals surface area contributed by atoms with E-state index in [9.17, 15) is 0 Å². The van der Waals surface area contributed by atoms with Crippen LogP contribution in [0.2, 0.25) is 0 Å². The predicted octanol–water partition coefficient (Wildman–Crippen LogP) is 3.28. The van der Waals surface area contributed by atoms with Crippen LogP contribution in [0.4, 0.5) is 0 Å². The zero-order valence-electron chi connectivity index (χ0n) is 9.17. The van der Waals surface area contributed by atoms with E-state index in [1.54, 1.807) is 0 Å². The number of alkyl halides is 1. The minimum Gasteiger partial charge on any atom is -0.309 e. The van der Waals surface area contributed by atoms with E-state index in [1.165, 1.54) is 24.0 Å². The molecule has 0 saturated carbocycles. The van der Waals surface area contributed by atoms with Gasteiger partial charge in [-0.2, -0.15) is 0 Å². The number of rotatable bonds is 4. The smallest absolute Gasteiger partial charge is 0.0571 e. The molecule has 82 valence electrons. The van der Waals surface area contributed by atoms with Crippen molar-refractivity contribution in [3.8, 4) is 0 Å². The van der Waals surface area contributed by atoms with Gasteiger partial charge < -0.3 is 5.32 Å². The highest BCUT2D eigenvalue weighted by Crippen LogP contribution is 2.34. The van der Waals surface area contributed by atoms with Crippen LogP contribution in [0, 0.1) is 0 Å². The van der Waals surface area contributed by atoms with Gasteiger partial charge in [0.25, 0.3) is 0 Å². The summed E-state index contributed by atoms with van der Waals surface area (Å²) in [5.41, 5.74) is 2.81. The molecule has 2 unspecified atom stereocenters. The van der Waals surface area contributed by atoms with Gasteiger partial charge in [-0.25, -0.2) is 0 Å². The third kappa shape index (κ3) is 2.35. The van der Waals surface area contributed by atoms with E-state index in [-0.39, 0.29) is 5.38 Å². The van der Waals surface area contributed by atoms with Crippen LogP contribution in [0.15, 0.2) is 24.3 Å². The lowest BCUT2D eigenvalue weighted by Crippen LogP contribution is -2.26. The highest BCUT2D eigenvalue weighted by molar-refractivity contribution is 6.21. The van der Waals surface area contributed by atoms with Crippen LogP contribution in [0.25, 0.3) is 0 Å². The van der Waals surface area contributed by atoms with Crippen LogP contribution in [0.5, 0.6) is 0 Å². The molecule has 2 rings (SSSR count). The van der Waals surface area contributed by atoms with Crippen molar-refractivity contribution >= 4 is 11.6 Å². The fraction of sp³-hybridized carbons (Fsp3) is 0.538. The van der Waals surface area contributed by atoms with Crippen LogP contribution in [-0.2, 0) is 6.42 Å². The van der Waals surface area contributed by atoms with E-state index in [0.717, 1.165) is 13.0 Å². The summed E-state index contributed by atoms with van der Waals surface area (Å²) < 4.78 is 0. The SMILES string of the molecule is CCCCNC1c2ccccc2CC1Cl. The molecule has 0 heterocycles. The Kier molecular flexibility index (Phi) is 3.66. The summed E-state index contributed by atoms with van der Waals surface area (Å²) in [5.74, 6) is 0. The second-order valence-electron chi connectivity index (χ2n) is 4.20. The Balaban J connectivity index is 2.05. The molecule has 0 amide bonds. The van der Waals surface area contributed by atoms with E-state index < -0.39 is 0 Å². The topological polar surface area (TPSA) is 12.0 Å². The number of benzene rings is 1. The molecule has 0 aliphatic heterocycles. The number of fused-ring (bicyclic) bond motifs is 1. The molecule has 1 nitrogen and oxygen atoms in total. The van der Waals surface area contributed by atoms with Gasteiger partial charge in [0.1, 0.15) is 0 Å². The summed E-state index contributed by atoms with van der Waals surface area (Å²) in [6.45, 7) is 3.28. The van der Waals surface area contributed by atoms with Gasteiger partial charge in [0.15, 0.2) is 0 Å². The number of halogens is 1. The minimum atomic E-state index is 0.222. The molecule has 0 fully saturated rings. The number of hydrogen-bond donors (Lipinski definition) is 1. The van der Waals surface area contributed by atoms with Crippen molar-refractivity contribution in [3.05, 3.63) is 35.4 Å². The summed E-state index contributed by atoms with van der Waals surface area (Å²) >= 11 is 6.36. The minimum absolute atomic E-state index is 0.222. The molecule has 15 heavy (non-hydrogen) atoms. The second kappa shape index (κ2) is 5.00. The molecule has 1 aliphatic carbocycles. The number of hydrogen-bond acceptors (Lipinski definition) is 1. The average Bonchev–Trinajstić information content (AvgIpc) is 2.56. The molecule has 0 radical (unpaired) electrons. The molecule has 0 saturated heterocycles. The maximum Gasteiger partial charge on any atom is 0.0571 e. The summed E-state index contributed by atoms with van der Waals surface area (Å²) in [4.78, 5) is 0. The molecule has 2 atom stereocenters. The molecule has 0 bridgehead atoms. The molecular weight excluding hydrogens is 206 g/mol. The quantitative estimate of drug-likeness (QED) is 0.610. The lowest BCUT2D eigenvalue weighted by molar-refractivity contribution is 0.523. The van der Waals surface area contributed by atoms with Gasteiger partial charge in [0, 0.05) is 6.04 Å². The largest absolute Gasteiger partial charge is 0.309 e. The molecule has 1 aromatic carbocycles.